The molecular weight excluding hydrogens is 258 g/mol. The third-order valence-electron chi connectivity index (χ3n) is 4.04. The van der Waals surface area contributed by atoms with Gasteiger partial charge < -0.3 is 10.6 Å². The summed E-state index contributed by atoms with van der Waals surface area (Å²) in [4.78, 5) is 6.77. The first-order valence-electron chi connectivity index (χ1n) is 8.11. The van der Waals surface area contributed by atoms with Crippen molar-refractivity contribution in [2.24, 2.45) is 16.6 Å². The summed E-state index contributed by atoms with van der Waals surface area (Å²) in [5.41, 5.74) is 7.73. The fourth-order valence-electron chi connectivity index (χ4n) is 2.84. The molecular formula is C18H31N3. The number of nitrogens with two attached hydrogens (primary N) is 1. The highest BCUT2D eigenvalue weighted by Crippen LogP contribution is 2.23. The molecule has 2 N–H and O–H groups in total. The lowest BCUT2D eigenvalue weighted by Crippen LogP contribution is -2.25. The fraction of sp³-hybridized carbons (Fsp3) is 0.611. The average molecular weight is 289 g/mol. The van der Waals surface area contributed by atoms with Crippen molar-refractivity contribution in [3.63, 3.8) is 0 Å². The number of allylic oxidation sites excluding steroid dienone is 5. The Balaban J connectivity index is 2.53. The number of nitrogens with zero attached hydrogens (tertiary/aromatic N) is 2. The molecule has 0 saturated carbocycles. The molecule has 0 aliphatic carbocycles. The molecule has 0 bridgehead atoms. The van der Waals surface area contributed by atoms with E-state index in [2.05, 4.69) is 35.5 Å². The Labute approximate surface area is 130 Å². The van der Waals surface area contributed by atoms with Crippen LogP contribution in [0.4, 0.5) is 0 Å². The summed E-state index contributed by atoms with van der Waals surface area (Å²) in [6.45, 7) is 11.0. The molecule has 1 saturated heterocycles. The molecule has 0 radical (unpaired) electrons. The fourth-order valence-corrected chi connectivity index (χ4v) is 2.84. The molecule has 3 nitrogen and oxygen atoms in total. The van der Waals surface area contributed by atoms with Gasteiger partial charge in [-0.2, -0.15) is 0 Å². The lowest BCUT2D eigenvalue weighted by atomic mass is 9.97. The molecule has 0 spiro atoms. The third kappa shape index (κ3) is 6.76. The minimum absolute atomic E-state index is 0.346. The summed E-state index contributed by atoms with van der Waals surface area (Å²) >= 11 is 0. The second-order valence-electron chi connectivity index (χ2n) is 5.66. The van der Waals surface area contributed by atoms with Gasteiger partial charge in [-0.1, -0.05) is 24.8 Å². The van der Waals surface area contributed by atoms with Crippen LogP contribution >= 0.6 is 0 Å². The molecule has 1 aliphatic heterocycles. The van der Waals surface area contributed by atoms with E-state index in [4.69, 9.17) is 5.73 Å². The summed E-state index contributed by atoms with van der Waals surface area (Å²) < 4.78 is 0. The van der Waals surface area contributed by atoms with Crippen LogP contribution in [-0.4, -0.2) is 30.4 Å². The van der Waals surface area contributed by atoms with Crippen LogP contribution < -0.4 is 5.73 Å². The highest BCUT2D eigenvalue weighted by Gasteiger charge is 2.17. The molecule has 21 heavy (non-hydrogen) atoms. The minimum atomic E-state index is 0.346. The van der Waals surface area contributed by atoms with Crippen LogP contribution in [-0.2, 0) is 0 Å². The average Bonchev–Trinajstić information content (AvgIpc) is 2.71. The molecule has 1 atom stereocenters. The maximum Gasteiger partial charge on any atom is 0.0862 e. The predicted octanol–water partition coefficient (Wildman–Crippen LogP) is 3.89. The first-order chi connectivity index (χ1) is 10.2. The van der Waals surface area contributed by atoms with Gasteiger partial charge in [0.25, 0.3) is 0 Å². The normalized spacial score (nSPS) is 21.2. The summed E-state index contributed by atoms with van der Waals surface area (Å²) in [6, 6.07) is 0. The summed E-state index contributed by atoms with van der Waals surface area (Å²) in [5, 5.41) is 0. The van der Waals surface area contributed by atoms with Crippen LogP contribution in [0.5, 0.6) is 0 Å². The van der Waals surface area contributed by atoms with Gasteiger partial charge in [-0.05, 0) is 51.5 Å². The molecule has 0 aromatic rings. The maximum absolute atomic E-state index is 5.53. The Hall–Kier alpha value is -1.35. The zero-order chi connectivity index (χ0) is 15.5. The maximum atomic E-state index is 5.53. The van der Waals surface area contributed by atoms with E-state index < -0.39 is 0 Å². The highest BCUT2D eigenvalue weighted by molar-refractivity contribution is 5.96. The van der Waals surface area contributed by atoms with E-state index in [9.17, 15) is 0 Å². The summed E-state index contributed by atoms with van der Waals surface area (Å²) in [6.07, 6.45) is 14.4. The van der Waals surface area contributed by atoms with E-state index in [-0.39, 0.29) is 0 Å². The number of likely N-dealkylation sites (tertiary alicyclic amines) is 1. The topological polar surface area (TPSA) is 41.6 Å². The number of hydrogen-bond acceptors (Lipinski definition) is 3. The van der Waals surface area contributed by atoms with Crippen molar-refractivity contribution >= 4 is 5.71 Å². The molecule has 1 heterocycles. The highest BCUT2D eigenvalue weighted by atomic mass is 15.1. The Morgan fingerprint density at radius 2 is 2.10 bits per heavy atom. The Morgan fingerprint density at radius 1 is 1.29 bits per heavy atom. The molecule has 3 heteroatoms. The summed E-state index contributed by atoms with van der Waals surface area (Å²) in [5.74, 6) is 0.826. The molecule has 1 unspecified atom stereocenters. The SMILES string of the molecule is C=C(CC(/C=C\C)=N/CN)N1CCCC(C/C=C\C)CC1. The van der Waals surface area contributed by atoms with Gasteiger partial charge >= 0.3 is 0 Å². The van der Waals surface area contributed by atoms with Crippen molar-refractivity contribution in [2.45, 2.75) is 46.0 Å². The van der Waals surface area contributed by atoms with Gasteiger partial charge in [0, 0.05) is 30.9 Å². The van der Waals surface area contributed by atoms with Crippen molar-refractivity contribution in [2.75, 3.05) is 19.8 Å². The van der Waals surface area contributed by atoms with Crippen molar-refractivity contribution in [1.29, 1.82) is 0 Å². The molecule has 1 aliphatic rings. The van der Waals surface area contributed by atoms with Crippen molar-refractivity contribution in [3.8, 4) is 0 Å². The van der Waals surface area contributed by atoms with Gasteiger partial charge in [-0.3, -0.25) is 4.99 Å². The van der Waals surface area contributed by atoms with Gasteiger partial charge in [-0.25, -0.2) is 0 Å². The Bertz CT molecular complexity index is 393. The monoisotopic (exact) mass is 289 g/mol. The molecule has 118 valence electrons. The first-order valence-corrected chi connectivity index (χ1v) is 8.11. The molecule has 1 fully saturated rings. The largest absolute Gasteiger partial charge is 0.375 e. The quantitative estimate of drug-likeness (QED) is 0.570. The van der Waals surface area contributed by atoms with Crippen LogP contribution in [0, 0.1) is 5.92 Å². The second kappa shape index (κ2) is 10.4. The number of aliphatic imine (C=N–C) groups is 1. The van der Waals surface area contributed by atoms with E-state index in [0.717, 1.165) is 31.1 Å². The predicted molar refractivity (Wildman–Crippen MR) is 93.4 cm³/mol. The van der Waals surface area contributed by atoms with Crippen molar-refractivity contribution < 1.29 is 0 Å². The lowest BCUT2D eigenvalue weighted by Gasteiger charge is -2.25. The van der Waals surface area contributed by atoms with Gasteiger partial charge in [0.2, 0.25) is 0 Å². The van der Waals surface area contributed by atoms with Gasteiger partial charge in [0.05, 0.1) is 6.67 Å². The van der Waals surface area contributed by atoms with E-state index in [1.807, 2.05) is 19.1 Å². The smallest absolute Gasteiger partial charge is 0.0862 e. The minimum Gasteiger partial charge on any atom is -0.375 e. The molecule has 0 aromatic carbocycles. The van der Waals surface area contributed by atoms with Crippen molar-refractivity contribution in [1.82, 2.24) is 4.90 Å². The van der Waals surface area contributed by atoms with Crippen LogP contribution in [0.1, 0.15) is 46.0 Å². The second-order valence-corrected chi connectivity index (χ2v) is 5.66. The van der Waals surface area contributed by atoms with E-state index in [1.54, 1.807) is 0 Å². The van der Waals surface area contributed by atoms with Crippen LogP contribution in [0.3, 0.4) is 0 Å². The standard InChI is InChI=1S/C18H31N3/c1-4-6-9-17-10-7-12-21(13-11-17)16(3)14-18(8-5-2)20-15-19/h4-6,8,17H,3,7,9-15,19H2,1-2H3/b6-4-,8-5-,20-18+. The third-order valence-corrected chi connectivity index (χ3v) is 4.04. The van der Waals surface area contributed by atoms with Gasteiger partial charge in [0.1, 0.15) is 0 Å². The zero-order valence-electron chi connectivity index (χ0n) is 13.7. The van der Waals surface area contributed by atoms with E-state index in [0.29, 0.717) is 6.67 Å². The number of hydrogen-bond donors (Lipinski definition) is 1. The van der Waals surface area contributed by atoms with Gasteiger partial charge in [-0.15, -0.1) is 0 Å². The Kier molecular flexibility index (Phi) is 8.76. The van der Waals surface area contributed by atoms with Crippen LogP contribution in [0.15, 0.2) is 41.6 Å². The van der Waals surface area contributed by atoms with Crippen LogP contribution in [0.25, 0.3) is 0 Å². The lowest BCUT2D eigenvalue weighted by molar-refractivity contribution is 0.348. The van der Waals surface area contributed by atoms with Crippen LogP contribution in [0.2, 0.25) is 0 Å². The summed E-state index contributed by atoms with van der Waals surface area (Å²) in [7, 11) is 0. The van der Waals surface area contributed by atoms with E-state index in [1.165, 1.54) is 31.4 Å². The molecule has 0 aromatic heterocycles. The zero-order valence-corrected chi connectivity index (χ0v) is 13.7. The molecule has 0 amide bonds. The van der Waals surface area contributed by atoms with Gasteiger partial charge in [0.15, 0.2) is 0 Å². The molecule has 1 rings (SSSR count). The Morgan fingerprint density at radius 3 is 2.76 bits per heavy atom. The van der Waals surface area contributed by atoms with Crippen molar-refractivity contribution in [3.05, 3.63) is 36.6 Å². The van der Waals surface area contributed by atoms with E-state index >= 15 is 0 Å². The first kappa shape index (κ1) is 17.7. The number of rotatable bonds is 7.